The molecule has 1 heterocycles. The molecule has 1 saturated carbocycles. The SMILES string of the molecule is O=C(O)C(CNC(=O)C1CCCCC1C(=O)N1CCCC1)c1ccc(F)cc1. The van der Waals surface area contributed by atoms with Gasteiger partial charge in [-0.2, -0.15) is 0 Å². The number of hydrogen-bond acceptors (Lipinski definition) is 3. The first kappa shape index (κ1) is 20.3. The summed E-state index contributed by atoms with van der Waals surface area (Å²) in [4.78, 5) is 39.1. The van der Waals surface area contributed by atoms with Gasteiger partial charge in [0.2, 0.25) is 11.8 Å². The van der Waals surface area contributed by atoms with Crippen LogP contribution in [0.5, 0.6) is 0 Å². The van der Waals surface area contributed by atoms with Gasteiger partial charge in [-0.05, 0) is 43.4 Å². The molecule has 3 unspecified atom stereocenters. The van der Waals surface area contributed by atoms with Crippen LogP contribution < -0.4 is 5.32 Å². The third-order valence-electron chi connectivity index (χ3n) is 5.89. The molecule has 3 rings (SSSR count). The molecule has 2 aliphatic rings. The number of amides is 2. The van der Waals surface area contributed by atoms with Crippen molar-refractivity contribution in [2.24, 2.45) is 11.8 Å². The molecule has 0 bridgehead atoms. The molecule has 152 valence electrons. The lowest BCUT2D eigenvalue weighted by atomic mass is 9.77. The van der Waals surface area contributed by atoms with Crippen LogP contribution in [0, 0.1) is 17.7 Å². The highest BCUT2D eigenvalue weighted by atomic mass is 19.1. The van der Waals surface area contributed by atoms with E-state index < -0.39 is 23.6 Å². The first-order valence-corrected chi connectivity index (χ1v) is 10.0. The van der Waals surface area contributed by atoms with Crippen LogP contribution in [0.15, 0.2) is 24.3 Å². The molecule has 0 spiro atoms. The zero-order valence-corrected chi connectivity index (χ0v) is 15.9. The van der Waals surface area contributed by atoms with E-state index in [0.717, 1.165) is 38.8 Å². The number of carboxylic acids is 1. The average Bonchev–Trinajstić information content (AvgIpc) is 3.23. The Kier molecular flexibility index (Phi) is 6.65. The van der Waals surface area contributed by atoms with Gasteiger partial charge in [0, 0.05) is 31.5 Å². The number of nitrogens with zero attached hydrogens (tertiary/aromatic N) is 1. The molecular weight excluding hydrogens is 363 g/mol. The van der Waals surface area contributed by atoms with Gasteiger partial charge in [0.25, 0.3) is 0 Å². The monoisotopic (exact) mass is 390 g/mol. The molecule has 1 aromatic rings. The predicted octanol–water partition coefficient (Wildman–Crippen LogP) is 2.54. The highest BCUT2D eigenvalue weighted by Gasteiger charge is 2.38. The Morgan fingerprint density at radius 2 is 1.64 bits per heavy atom. The smallest absolute Gasteiger partial charge is 0.312 e. The largest absolute Gasteiger partial charge is 0.481 e. The van der Waals surface area contributed by atoms with E-state index in [1.807, 2.05) is 4.90 Å². The van der Waals surface area contributed by atoms with Crippen molar-refractivity contribution in [2.45, 2.75) is 44.4 Å². The van der Waals surface area contributed by atoms with E-state index in [1.165, 1.54) is 24.3 Å². The van der Waals surface area contributed by atoms with Crippen molar-refractivity contribution in [3.8, 4) is 0 Å². The predicted molar refractivity (Wildman–Crippen MR) is 101 cm³/mol. The fourth-order valence-electron chi connectivity index (χ4n) is 4.29. The quantitative estimate of drug-likeness (QED) is 0.782. The molecule has 1 aliphatic heterocycles. The van der Waals surface area contributed by atoms with Gasteiger partial charge in [0.1, 0.15) is 5.82 Å². The second-order valence-corrected chi connectivity index (χ2v) is 7.72. The van der Waals surface area contributed by atoms with Gasteiger partial charge in [0.05, 0.1) is 5.92 Å². The van der Waals surface area contributed by atoms with Crippen molar-refractivity contribution >= 4 is 17.8 Å². The van der Waals surface area contributed by atoms with E-state index in [1.54, 1.807) is 0 Å². The first-order valence-electron chi connectivity index (χ1n) is 10.0. The molecule has 0 radical (unpaired) electrons. The van der Waals surface area contributed by atoms with Crippen molar-refractivity contribution in [2.75, 3.05) is 19.6 Å². The Balaban J connectivity index is 1.64. The number of carboxylic acid groups (broad SMARTS) is 1. The lowest BCUT2D eigenvalue weighted by molar-refractivity contribution is -0.143. The average molecular weight is 390 g/mol. The van der Waals surface area contributed by atoms with Gasteiger partial charge >= 0.3 is 5.97 Å². The first-order chi connectivity index (χ1) is 13.5. The molecule has 6 nitrogen and oxygen atoms in total. The maximum atomic E-state index is 13.1. The van der Waals surface area contributed by atoms with Crippen LogP contribution in [0.3, 0.4) is 0 Å². The number of carbonyl (C=O) groups is 3. The van der Waals surface area contributed by atoms with Crippen molar-refractivity contribution < 1.29 is 23.9 Å². The summed E-state index contributed by atoms with van der Waals surface area (Å²) >= 11 is 0. The van der Waals surface area contributed by atoms with Crippen LogP contribution in [0.4, 0.5) is 4.39 Å². The minimum Gasteiger partial charge on any atom is -0.481 e. The number of halogens is 1. The lowest BCUT2D eigenvalue weighted by Gasteiger charge is -2.32. The molecule has 1 aliphatic carbocycles. The zero-order valence-electron chi connectivity index (χ0n) is 15.9. The number of hydrogen-bond donors (Lipinski definition) is 2. The summed E-state index contributed by atoms with van der Waals surface area (Å²) in [5.41, 5.74) is 0.433. The van der Waals surface area contributed by atoms with E-state index in [2.05, 4.69) is 5.32 Å². The minimum atomic E-state index is -1.08. The van der Waals surface area contributed by atoms with Crippen molar-refractivity contribution in [3.05, 3.63) is 35.6 Å². The molecule has 1 aromatic carbocycles. The Bertz CT molecular complexity index is 716. The molecule has 28 heavy (non-hydrogen) atoms. The van der Waals surface area contributed by atoms with Crippen LogP contribution >= 0.6 is 0 Å². The number of benzene rings is 1. The molecule has 1 saturated heterocycles. The fourth-order valence-corrected chi connectivity index (χ4v) is 4.29. The van der Waals surface area contributed by atoms with E-state index in [-0.39, 0.29) is 24.3 Å². The Hall–Kier alpha value is -2.44. The zero-order chi connectivity index (χ0) is 20.1. The molecule has 2 amide bonds. The maximum Gasteiger partial charge on any atom is 0.312 e. The van der Waals surface area contributed by atoms with Crippen LogP contribution in [0.2, 0.25) is 0 Å². The third kappa shape index (κ3) is 4.69. The fraction of sp³-hybridized carbons (Fsp3) is 0.571. The van der Waals surface area contributed by atoms with E-state index in [4.69, 9.17) is 0 Å². The van der Waals surface area contributed by atoms with Gasteiger partial charge in [-0.25, -0.2) is 4.39 Å². The van der Waals surface area contributed by atoms with Crippen LogP contribution in [-0.2, 0) is 14.4 Å². The van der Waals surface area contributed by atoms with Gasteiger partial charge in [-0.15, -0.1) is 0 Å². The maximum absolute atomic E-state index is 13.1. The summed E-state index contributed by atoms with van der Waals surface area (Å²) in [5.74, 6) is -3.41. The number of nitrogens with one attached hydrogen (secondary N) is 1. The number of likely N-dealkylation sites (tertiary alicyclic amines) is 1. The molecule has 7 heteroatoms. The van der Waals surface area contributed by atoms with E-state index in [0.29, 0.717) is 18.4 Å². The summed E-state index contributed by atoms with van der Waals surface area (Å²) in [6.45, 7) is 1.44. The highest BCUT2D eigenvalue weighted by Crippen LogP contribution is 2.32. The molecule has 2 N–H and O–H groups in total. The lowest BCUT2D eigenvalue weighted by Crippen LogP contribution is -2.45. The normalized spacial score (nSPS) is 23.2. The summed E-state index contributed by atoms with van der Waals surface area (Å²) < 4.78 is 13.1. The van der Waals surface area contributed by atoms with Gasteiger partial charge in [-0.1, -0.05) is 25.0 Å². The summed E-state index contributed by atoms with van der Waals surface area (Å²) in [6.07, 6.45) is 5.18. The van der Waals surface area contributed by atoms with Crippen molar-refractivity contribution in [1.29, 1.82) is 0 Å². The van der Waals surface area contributed by atoms with Crippen molar-refractivity contribution in [1.82, 2.24) is 10.2 Å². The van der Waals surface area contributed by atoms with Gasteiger partial charge < -0.3 is 15.3 Å². The molecule has 3 atom stereocenters. The Morgan fingerprint density at radius 1 is 1.04 bits per heavy atom. The van der Waals surface area contributed by atoms with E-state index in [9.17, 15) is 23.9 Å². The van der Waals surface area contributed by atoms with Crippen LogP contribution in [0.25, 0.3) is 0 Å². The summed E-state index contributed by atoms with van der Waals surface area (Å²) in [7, 11) is 0. The highest BCUT2D eigenvalue weighted by molar-refractivity contribution is 5.88. The standard InChI is InChI=1S/C21H27FN2O4/c22-15-9-7-14(8-10-15)18(21(27)28)13-23-19(25)16-5-1-2-6-17(16)20(26)24-11-3-4-12-24/h7-10,16-18H,1-6,11-13H2,(H,23,25)(H,27,28). The minimum absolute atomic E-state index is 0.0608. The van der Waals surface area contributed by atoms with Crippen LogP contribution in [-0.4, -0.2) is 47.4 Å². The molecule has 0 aromatic heterocycles. The number of rotatable bonds is 6. The topological polar surface area (TPSA) is 86.7 Å². The van der Waals surface area contributed by atoms with E-state index >= 15 is 0 Å². The molecule has 2 fully saturated rings. The Labute approximate surface area is 164 Å². The second-order valence-electron chi connectivity index (χ2n) is 7.72. The van der Waals surface area contributed by atoms with Crippen molar-refractivity contribution in [3.63, 3.8) is 0 Å². The summed E-state index contributed by atoms with van der Waals surface area (Å²) in [6, 6.07) is 5.25. The number of aliphatic carboxylic acids is 1. The Morgan fingerprint density at radius 3 is 2.25 bits per heavy atom. The van der Waals surface area contributed by atoms with Gasteiger partial charge in [-0.3, -0.25) is 14.4 Å². The van der Waals surface area contributed by atoms with Crippen LogP contribution in [0.1, 0.15) is 50.0 Å². The molecular formula is C21H27FN2O4. The second kappa shape index (κ2) is 9.17. The number of carbonyl (C=O) groups excluding carboxylic acids is 2. The third-order valence-corrected chi connectivity index (χ3v) is 5.89. The summed E-state index contributed by atoms with van der Waals surface area (Å²) in [5, 5.41) is 12.2. The van der Waals surface area contributed by atoms with Gasteiger partial charge in [0.15, 0.2) is 0 Å².